The lowest BCUT2D eigenvalue weighted by atomic mass is 10.1. The first-order valence-electron chi connectivity index (χ1n) is 4.84. The van der Waals surface area contributed by atoms with Crippen molar-refractivity contribution in [1.29, 1.82) is 0 Å². The Labute approximate surface area is 93.1 Å². The van der Waals surface area contributed by atoms with Gasteiger partial charge in [-0.1, -0.05) is 30.3 Å². The highest BCUT2D eigenvalue weighted by Gasteiger charge is 2.06. The lowest BCUT2D eigenvalue weighted by Crippen LogP contribution is -2.20. The summed E-state index contributed by atoms with van der Waals surface area (Å²) in [4.78, 5) is 14.9. The summed E-state index contributed by atoms with van der Waals surface area (Å²) < 4.78 is 0. The molecule has 2 rings (SSSR count). The summed E-state index contributed by atoms with van der Waals surface area (Å²) in [6.45, 7) is 0. The minimum Gasteiger partial charge on any atom is -0.351 e. The maximum absolute atomic E-state index is 10.8. The van der Waals surface area contributed by atoms with Crippen LogP contribution in [0.4, 0.5) is 10.6 Å². The van der Waals surface area contributed by atoms with Gasteiger partial charge < -0.3 is 5.73 Å². The predicted molar refractivity (Wildman–Crippen MR) is 62.9 cm³/mol. The van der Waals surface area contributed by atoms with Crippen LogP contribution in [-0.2, 0) is 0 Å². The Morgan fingerprint density at radius 3 is 2.56 bits per heavy atom. The number of hydrogen-bond donors (Lipinski definition) is 2. The van der Waals surface area contributed by atoms with Crippen LogP contribution in [0.25, 0.3) is 11.1 Å². The lowest BCUT2D eigenvalue weighted by Gasteiger charge is -2.07. The second-order valence-electron chi connectivity index (χ2n) is 3.25. The van der Waals surface area contributed by atoms with Crippen LogP contribution in [0, 0.1) is 0 Å². The molecule has 0 fully saturated rings. The summed E-state index contributed by atoms with van der Waals surface area (Å²) in [5.74, 6) is 0.473. The van der Waals surface area contributed by atoms with Crippen LogP contribution < -0.4 is 11.1 Å². The van der Waals surface area contributed by atoms with Gasteiger partial charge in [-0.25, -0.2) is 9.78 Å². The van der Waals surface area contributed by atoms with Crippen molar-refractivity contribution in [2.45, 2.75) is 0 Å². The number of urea groups is 1. The summed E-state index contributed by atoms with van der Waals surface area (Å²) in [6.07, 6.45) is 1.61. The van der Waals surface area contributed by atoms with Gasteiger partial charge in [0.1, 0.15) is 5.82 Å². The third-order valence-electron chi connectivity index (χ3n) is 2.13. The van der Waals surface area contributed by atoms with Gasteiger partial charge in [-0.3, -0.25) is 5.32 Å². The van der Waals surface area contributed by atoms with Crippen LogP contribution in [0.5, 0.6) is 0 Å². The average molecular weight is 213 g/mol. The second kappa shape index (κ2) is 4.44. The van der Waals surface area contributed by atoms with Crippen LogP contribution in [0.15, 0.2) is 48.7 Å². The number of primary amides is 1. The monoisotopic (exact) mass is 213 g/mol. The largest absolute Gasteiger partial charge is 0.351 e. The van der Waals surface area contributed by atoms with E-state index in [1.165, 1.54) is 0 Å². The van der Waals surface area contributed by atoms with Gasteiger partial charge in [0.25, 0.3) is 0 Å². The molecule has 1 aromatic heterocycles. The van der Waals surface area contributed by atoms with E-state index in [9.17, 15) is 4.79 Å². The molecule has 0 spiro atoms. The molecule has 2 aromatic rings. The summed E-state index contributed by atoms with van der Waals surface area (Å²) >= 11 is 0. The fraction of sp³-hybridized carbons (Fsp3) is 0. The van der Waals surface area contributed by atoms with Crippen molar-refractivity contribution in [2.75, 3.05) is 5.32 Å². The van der Waals surface area contributed by atoms with Crippen molar-refractivity contribution in [3.8, 4) is 11.1 Å². The Bertz CT molecular complexity index is 497. The molecule has 0 saturated carbocycles. The number of rotatable bonds is 2. The molecule has 2 amide bonds. The van der Waals surface area contributed by atoms with Crippen LogP contribution in [0.3, 0.4) is 0 Å². The number of aromatic nitrogens is 1. The smallest absolute Gasteiger partial charge is 0.317 e. The summed E-state index contributed by atoms with van der Waals surface area (Å²) in [5.41, 5.74) is 6.92. The quantitative estimate of drug-likeness (QED) is 0.803. The van der Waals surface area contributed by atoms with E-state index < -0.39 is 6.03 Å². The molecule has 1 aromatic carbocycles. The van der Waals surface area contributed by atoms with Gasteiger partial charge >= 0.3 is 6.03 Å². The lowest BCUT2D eigenvalue weighted by molar-refractivity contribution is 0.259. The number of anilines is 1. The summed E-state index contributed by atoms with van der Waals surface area (Å²) in [6, 6.07) is 12.8. The molecule has 4 heteroatoms. The maximum atomic E-state index is 10.8. The number of benzene rings is 1. The van der Waals surface area contributed by atoms with E-state index in [0.717, 1.165) is 11.1 Å². The molecule has 4 nitrogen and oxygen atoms in total. The fourth-order valence-corrected chi connectivity index (χ4v) is 1.47. The SMILES string of the molecule is NC(=O)Nc1ncccc1-c1ccccc1. The second-order valence-corrected chi connectivity index (χ2v) is 3.25. The fourth-order valence-electron chi connectivity index (χ4n) is 1.47. The number of nitrogens with two attached hydrogens (primary N) is 1. The van der Waals surface area contributed by atoms with Crippen molar-refractivity contribution < 1.29 is 4.79 Å². The number of carbonyl (C=O) groups excluding carboxylic acids is 1. The third-order valence-corrected chi connectivity index (χ3v) is 2.13. The van der Waals surface area contributed by atoms with Crippen LogP contribution in [0.1, 0.15) is 0 Å². The molecule has 16 heavy (non-hydrogen) atoms. The van der Waals surface area contributed by atoms with Gasteiger partial charge in [-0.2, -0.15) is 0 Å². The first kappa shape index (κ1) is 10.2. The molecule has 0 saturated heterocycles. The predicted octanol–water partition coefficient (Wildman–Crippen LogP) is 2.24. The molecule has 0 unspecified atom stereocenters. The first-order valence-corrected chi connectivity index (χ1v) is 4.84. The Morgan fingerprint density at radius 1 is 1.12 bits per heavy atom. The average Bonchev–Trinajstić information content (AvgIpc) is 2.30. The molecule has 0 atom stereocenters. The Kier molecular flexibility index (Phi) is 2.82. The Hall–Kier alpha value is -2.36. The van der Waals surface area contributed by atoms with E-state index >= 15 is 0 Å². The zero-order chi connectivity index (χ0) is 11.4. The normalized spacial score (nSPS) is 9.75. The molecule has 0 aliphatic heterocycles. The Balaban J connectivity index is 2.44. The maximum Gasteiger partial charge on any atom is 0.317 e. The number of hydrogen-bond acceptors (Lipinski definition) is 2. The molecule has 0 aliphatic carbocycles. The standard InChI is InChI=1S/C12H11N3O/c13-12(16)15-11-10(7-4-8-14-11)9-5-2-1-3-6-9/h1-8H,(H3,13,14,15,16). The number of amides is 2. The molecular weight excluding hydrogens is 202 g/mol. The van der Waals surface area contributed by atoms with Crippen molar-refractivity contribution in [3.05, 3.63) is 48.7 Å². The number of pyridine rings is 1. The highest BCUT2D eigenvalue weighted by atomic mass is 16.2. The molecule has 3 N–H and O–H groups in total. The number of nitrogens with one attached hydrogen (secondary N) is 1. The van der Waals surface area contributed by atoms with E-state index in [2.05, 4.69) is 10.3 Å². The minimum atomic E-state index is -0.615. The van der Waals surface area contributed by atoms with Crippen molar-refractivity contribution in [3.63, 3.8) is 0 Å². The van der Waals surface area contributed by atoms with Crippen molar-refractivity contribution in [1.82, 2.24) is 4.98 Å². The molecule has 1 heterocycles. The van der Waals surface area contributed by atoms with Gasteiger partial charge in [0.2, 0.25) is 0 Å². The zero-order valence-electron chi connectivity index (χ0n) is 8.55. The summed E-state index contributed by atoms with van der Waals surface area (Å²) in [7, 11) is 0. The van der Waals surface area contributed by atoms with Gasteiger partial charge in [-0.05, 0) is 17.7 Å². The highest BCUT2D eigenvalue weighted by molar-refractivity contribution is 5.91. The van der Waals surface area contributed by atoms with E-state index in [1.54, 1.807) is 6.20 Å². The molecule has 0 aliphatic rings. The van der Waals surface area contributed by atoms with Crippen LogP contribution in [0.2, 0.25) is 0 Å². The third kappa shape index (κ3) is 2.17. The first-order chi connectivity index (χ1) is 7.77. The van der Waals surface area contributed by atoms with Gasteiger partial charge in [0, 0.05) is 11.8 Å². The van der Waals surface area contributed by atoms with E-state index in [-0.39, 0.29) is 0 Å². The topological polar surface area (TPSA) is 68.0 Å². The van der Waals surface area contributed by atoms with E-state index in [1.807, 2.05) is 42.5 Å². The van der Waals surface area contributed by atoms with Gasteiger partial charge in [-0.15, -0.1) is 0 Å². The van der Waals surface area contributed by atoms with Crippen LogP contribution >= 0.6 is 0 Å². The molecule has 0 radical (unpaired) electrons. The van der Waals surface area contributed by atoms with Gasteiger partial charge in [0.15, 0.2) is 0 Å². The summed E-state index contributed by atoms with van der Waals surface area (Å²) in [5, 5.41) is 2.50. The minimum absolute atomic E-state index is 0.473. The zero-order valence-corrected chi connectivity index (χ0v) is 8.55. The Morgan fingerprint density at radius 2 is 1.88 bits per heavy atom. The van der Waals surface area contributed by atoms with Crippen molar-refractivity contribution >= 4 is 11.8 Å². The van der Waals surface area contributed by atoms with Crippen molar-refractivity contribution in [2.24, 2.45) is 5.73 Å². The number of nitrogens with zero attached hydrogens (tertiary/aromatic N) is 1. The molecule has 0 bridgehead atoms. The molecule has 80 valence electrons. The molecular formula is C12H11N3O. The highest BCUT2D eigenvalue weighted by Crippen LogP contribution is 2.25. The van der Waals surface area contributed by atoms with E-state index in [0.29, 0.717) is 5.82 Å². The van der Waals surface area contributed by atoms with E-state index in [4.69, 9.17) is 5.73 Å². The van der Waals surface area contributed by atoms with Gasteiger partial charge in [0.05, 0.1) is 0 Å². The van der Waals surface area contributed by atoms with Crippen LogP contribution in [-0.4, -0.2) is 11.0 Å². The number of carbonyl (C=O) groups is 1.